The second kappa shape index (κ2) is 9.50. The maximum absolute atomic E-state index is 12.5. The van der Waals surface area contributed by atoms with E-state index in [9.17, 15) is 4.79 Å². The lowest BCUT2D eigenvalue weighted by Gasteiger charge is -2.38. The Morgan fingerprint density at radius 2 is 2.03 bits per heavy atom. The Labute approximate surface area is 185 Å². The number of amides is 1. The summed E-state index contributed by atoms with van der Waals surface area (Å²) in [6, 6.07) is 7.18. The van der Waals surface area contributed by atoms with Crippen LogP contribution in [0.1, 0.15) is 41.7 Å². The van der Waals surface area contributed by atoms with Gasteiger partial charge in [0.05, 0.1) is 29.1 Å². The molecular formula is C22H24ClN5O3. The number of carbonyl (C=O) groups excluding carboxylic acids is 1. The summed E-state index contributed by atoms with van der Waals surface area (Å²) in [6.07, 6.45) is 6.40. The Bertz CT molecular complexity index is 964. The number of carbonyl (C=O) groups is 1. The predicted molar refractivity (Wildman–Crippen MR) is 115 cm³/mol. The molecule has 1 saturated carbocycles. The largest absolute Gasteiger partial charge is 0.490 e. The third-order valence-electron chi connectivity index (χ3n) is 5.78. The molecule has 1 aliphatic carbocycles. The van der Waals surface area contributed by atoms with E-state index in [1.165, 1.54) is 6.20 Å². The van der Waals surface area contributed by atoms with E-state index in [2.05, 4.69) is 15.3 Å². The molecule has 31 heavy (non-hydrogen) atoms. The van der Waals surface area contributed by atoms with Crippen molar-refractivity contribution in [1.29, 1.82) is 5.26 Å². The normalized spacial score (nSPS) is 21.1. The molecule has 0 bridgehead atoms. The molecule has 0 radical (unpaired) electrons. The molecule has 4 rings (SSSR count). The molecule has 1 aliphatic heterocycles. The maximum atomic E-state index is 12.5. The number of aromatic nitrogens is 2. The minimum Gasteiger partial charge on any atom is -0.490 e. The van der Waals surface area contributed by atoms with Crippen molar-refractivity contribution in [3.05, 3.63) is 46.9 Å². The smallest absolute Gasteiger partial charge is 0.271 e. The van der Waals surface area contributed by atoms with Gasteiger partial charge in [0, 0.05) is 37.7 Å². The van der Waals surface area contributed by atoms with Crippen LogP contribution in [0, 0.1) is 17.2 Å². The Morgan fingerprint density at radius 1 is 1.26 bits per heavy atom. The monoisotopic (exact) mass is 441 g/mol. The number of ether oxygens (including phenoxy) is 1. The van der Waals surface area contributed by atoms with Gasteiger partial charge >= 0.3 is 0 Å². The first-order chi connectivity index (χ1) is 15.1. The second-order valence-electron chi connectivity index (χ2n) is 8.03. The van der Waals surface area contributed by atoms with E-state index in [0.717, 1.165) is 44.6 Å². The number of nitriles is 1. The van der Waals surface area contributed by atoms with Crippen LogP contribution in [-0.2, 0) is 0 Å². The molecule has 2 N–H and O–H groups in total. The molecule has 0 unspecified atom stereocenters. The molecule has 1 amide bonds. The number of nitrogens with one attached hydrogen (secondary N) is 1. The first-order valence-electron chi connectivity index (χ1n) is 10.4. The fraction of sp³-hybridized carbons (Fsp3) is 0.455. The van der Waals surface area contributed by atoms with Gasteiger partial charge in [0.15, 0.2) is 0 Å². The molecule has 0 spiro atoms. The van der Waals surface area contributed by atoms with Crippen LogP contribution in [-0.4, -0.2) is 52.8 Å². The van der Waals surface area contributed by atoms with Crippen LogP contribution in [0.4, 0.5) is 5.82 Å². The fourth-order valence-electron chi connectivity index (χ4n) is 3.91. The Kier molecular flexibility index (Phi) is 6.54. The third-order valence-corrected chi connectivity index (χ3v) is 6.10. The summed E-state index contributed by atoms with van der Waals surface area (Å²) in [5, 5.41) is 21.5. The van der Waals surface area contributed by atoms with E-state index >= 15 is 0 Å². The average molecular weight is 442 g/mol. The highest BCUT2D eigenvalue weighted by atomic mass is 35.5. The summed E-state index contributed by atoms with van der Waals surface area (Å²) in [7, 11) is 0. The van der Waals surface area contributed by atoms with Gasteiger partial charge in [0.1, 0.15) is 23.3 Å². The van der Waals surface area contributed by atoms with Crippen LogP contribution in [0.15, 0.2) is 30.6 Å². The number of nitrogens with zero attached hydrogens (tertiary/aromatic N) is 4. The molecule has 2 fully saturated rings. The van der Waals surface area contributed by atoms with E-state index in [0.29, 0.717) is 22.0 Å². The third kappa shape index (κ3) is 5.06. The zero-order valence-corrected chi connectivity index (χ0v) is 17.8. The van der Waals surface area contributed by atoms with Crippen molar-refractivity contribution in [3.63, 3.8) is 0 Å². The van der Waals surface area contributed by atoms with Gasteiger partial charge in [-0.25, -0.2) is 9.97 Å². The van der Waals surface area contributed by atoms with Crippen molar-refractivity contribution in [3.8, 4) is 11.8 Å². The summed E-state index contributed by atoms with van der Waals surface area (Å²) < 4.78 is 5.99. The SMILES string of the molecule is N#Cc1ccc(OC2CCC(NC(=O)c3cnc(N4CC(CO)C4)cn3)CC2)cc1Cl. The minimum atomic E-state index is -0.223. The van der Waals surface area contributed by atoms with Crippen LogP contribution >= 0.6 is 11.6 Å². The quantitative estimate of drug-likeness (QED) is 0.708. The highest BCUT2D eigenvalue weighted by Crippen LogP contribution is 2.27. The van der Waals surface area contributed by atoms with E-state index in [1.807, 2.05) is 11.0 Å². The number of hydrogen-bond donors (Lipinski definition) is 2. The Morgan fingerprint density at radius 3 is 2.65 bits per heavy atom. The van der Waals surface area contributed by atoms with Crippen LogP contribution in [0.5, 0.6) is 5.75 Å². The van der Waals surface area contributed by atoms with Crippen molar-refractivity contribution in [2.75, 3.05) is 24.6 Å². The summed E-state index contributed by atoms with van der Waals surface area (Å²) in [5.41, 5.74) is 0.726. The molecule has 1 saturated heterocycles. The van der Waals surface area contributed by atoms with E-state index in [4.69, 9.17) is 26.7 Å². The topological polar surface area (TPSA) is 111 Å². The lowest BCUT2D eigenvalue weighted by Crippen LogP contribution is -2.48. The zero-order valence-electron chi connectivity index (χ0n) is 17.0. The first kappa shape index (κ1) is 21.3. The van der Waals surface area contributed by atoms with Crippen LogP contribution in [0.25, 0.3) is 0 Å². The van der Waals surface area contributed by atoms with Crippen molar-refractivity contribution in [2.45, 2.75) is 37.8 Å². The van der Waals surface area contributed by atoms with Crippen molar-refractivity contribution < 1.29 is 14.6 Å². The molecule has 0 atom stereocenters. The highest BCUT2D eigenvalue weighted by Gasteiger charge is 2.28. The number of aliphatic hydroxyl groups is 1. The highest BCUT2D eigenvalue weighted by molar-refractivity contribution is 6.31. The van der Waals surface area contributed by atoms with Gasteiger partial charge in [-0.3, -0.25) is 4.79 Å². The second-order valence-corrected chi connectivity index (χ2v) is 8.44. The molecule has 2 aliphatic rings. The Hall–Kier alpha value is -2.89. The predicted octanol–water partition coefficient (Wildman–Crippen LogP) is 2.55. The summed E-state index contributed by atoms with van der Waals surface area (Å²) in [5.74, 6) is 1.44. The molecule has 162 valence electrons. The lowest BCUT2D eigenvalue weighted by atomic mass is 9.93. The van der Waals surface area contributed by atoms with Gasteiger partial charge in [0.25, 0.3) is 5.91 Å². The van der Waals surface area contributed by atoms with Gasteiger partial charge in [-0.1, -0.05) is 11.6 Å². The van der Waals surface area contributed by atoms with E-state index in [-0.39, 0.29) is 30.6 Å². The number of hydrogen-bond acceptors (Lipinski definition) is 7. The Balaban J connectivity index is 1.24. The van der Waals surface area contributed by atoms with Crippen molar-refractivity contribution in [1.82, 2.24) is 15.3 Å². The van der Waals surface area contributed by atoms with Gasteiger partial charge < -0.3 is 20.1 Å². The van der Waals surface area contributed by atoms with Crippen molar-refractivity contribution >= 4 is 23.3 Å². The van der Waals surface area contributed by atoms with Gasteiger partial charge in [-0.15, -0.1) is 0 Å². The first-order valence-corrected chi connectivity index (χ1v) is 10.8. The fourth-order valence-corrected chi connectivity index (χ4v) is 4.12. The lowest BCUT2D eigenvalue weighted by molar-refractivity contribution is 0.0888. The number of benzene rings is 1. The molecule has 1 aromatic carbocycles. The molecule has 2 aromatic rings. The molecule has 2 heterocycles. The zero-order chi connectivity index (χ0) is 21.8. The van der Waals surface area contributed by atoms with Crippen molar-refractivity contribution in [2.24, 2.45) is 5.92 Å². The van der Waals surface area contributed by atoms with Crippen LogP contribution < -0.4 is 15.0 Å². The number of aliphatic hydroxyl groups excluding tert-OH is 1. The van der Waals surface area contributed by atoms with Gasteiger partial charge in [-0.2, -0.15) is 5.26 Å². The summed E-state index contributed by atoms with van der Waals surface area (Å²) in [6.45, 7) is 1.70. The van der Waals surface area contributed by atoms with Crippen LogP contribution in [0.2, 0.25) is 5.02 Å². The van der Waals surface area contributed by atoms with Crippen LogP contribution in [0.3, 0.4) is 0 Å². The standard InChI is InChI=1S/C22H24ClN5O3/c23-19-7-18(4-1-15(19)8-24)31-17-5-2-16(3-6-17)27-22(30)20-9-26-21(10-25-20)28-11-14(12-28)13-29/h1,4,7,9-10,14,16-17,29H,2-3,5-6,11-13H2,(H,27,30). The maximum Gasteiger partial charge on any atom is 0.271 e. The van der Waals surface area contributed by atoms with E-state index in [1.54, 1.807) is 24.4 Å². The number of halogens is 1. The number of rotatable bonds is 6. The number of anilines is 1. The molecule has 1 aromatic heterocycles. The minimum absolute atomic E-state index is 0.0514. The van der Waals surface area contributed by atoms with Gasteiger partial charge in [0.2, 0.25) is 0 Å². The average Bonchev–Trinajstić information content (AvgIpc) is 2.75. The summed E-state index contributed by atoms with van der Waals surface area (Å²) in [4.78, 5) is 23.1. The molecule has 8 nitrogen and oxygen atoms in total. The summed E-state index contributed by atoms with van der Waals surface area (Å²) >= 11 is 6.06. The molecular weight excluding hydrogens is 418 g/mol. The van der Waals surface area contributed by atoms with E-state index < -0.39 is 0 Å². The van der Waals surface area contributed by atoms with Gasteiger partial charge in [-0.05, 0) is 37.8 Å². The molecule has 9 heteroatoms.